The topological polar surface area (TPSA) is 92.3 Å². The largest absolute Gasteiger partial charge is 0.296 e. The molecule has 0 bridgehead atoms. The molecule has 7 nitrogen and oxygen atoms in total. The number of amides is 3. The van der Waals surface area contributed by atoms with Gasteiger partial charge in [-0.1, -0.05) is 38.5 Å². The Kier molecular flexibility index (Phi) is 6.18. The fraction of sp³-hybridized carbons (Fsp3) is 0.450. The van der Waals surface area contributed by atoms with E-state index in [4.69, 9.17) is 0 Å². The number of rotatable bonds is 8. The normalized spacial score (nSPS) is 13.4. The third kappa shape index (κ3) is 3.82. The van der Waals surface area contributed by atoms with Crippen molar-refractivity contribution in [3.63, 3.8) is 0 Å². The molecule has 8 heteroatoms. The summed E-state index contributed by atoms with van der Waals surface area (Å²) in [5.41, 5.74) is 0.949. The minimum absolute atomic E-state index is 0.281. The van der Waals surface area contributed by atoms with Gasteiger partial charge < -0.3 is 0 Å². The molecule has 3 rings (SSSR count). The Labute approximate surface area is 168 Å². The standard InChI is InChI=1S/C20H24N4O3S/c1-4-7-10-24-18(26)14-9-8-13(11-15(14)19(24)27)16(25)21-20-23-22-17(28-20)12(5-2)6-3/h8-9,11-12H,4-7,10H2,1-3H3,(H,21,23,25). The fourth-order valence-corrected chi connectivity index (χ4v) is 4.21. The van der Waals surface area contributed by atoms with Gasteiger partial charge in [0, 0.05) is 18.0 Å². The molecule has 1 aromatic carbocycles. The molecule has 1 aliphatic heterocycles. The molecule has 28 heavy (non-hydrogen) atoms. The summed E-state index contributed by atoms with van der Waals surface area (Å²) in [6.07, 6.45) is 3.58. The number of benzene rings is 1. The van der Waals surface area contributed by atoms with Gasteiger partial charge in [-0.15, -0.1) is 10.2 Å². The third-order valence-electron chi connectivity index (χ3n) is 4.96. The SMILES string of the molecule is CCCCN1C(=O)c2ccc(C(=O)Nc3nnc(C(CC)CC)s3)cc2C1=O. The molecule has 1 aromatic heterocycles. The molecule has 3 amide bonds. The number of unbranched alkanes of at least 4 members (excludes halogenated alkanes) is 1. The van der Waals surface area contributed by atoms with Crippen molar-refractivity contribution in [1.82, 2.24) is 15.1 Å². The first kappa shape index (κ1) is 20.1. The zero-order chi connectivity index (χ0) is 20.3. The van der Waals surface area contributed by atoms with Gasteiger partial charge in [0.25, 0.3) is 17.7 Å². The Morgan fingerprint density at radius 2 is 1.82 bits per heavy atom. The van der Waals surface area contributed by atoms with Gasteiger partial charge in [0.2, 0.25) is 5.13 Å². The van der Waals surface area contributed by atoms with Crippen molar-refractivity contribution in [2.75, 3.05) is 11.9 Å². The summed E-state index contributed by atoms with van der Waals surface area (Å²) in [6, 6.07) is 4.59. The van der Waals surface area contributed by atoms with E-state index in [1.54, 1.807) is 12.1 Å². The van der Waals surface area contributed by atoms with Crippen LogP contribution in [0.3, 0.4) is 0 Å². The van der Waals surface area contributed by atoms with Gasteiger partial charge in [0.1, 0.15) is 5.01 Å². The molecule has 0 radical (unpaired) electrons. The highest BCUT2D eigenvalue weighted by Gasteiger charge is 2.35. The van der Waals surface area contributed by atoms with Crippen LogP contribution in [-0.4, -0.2) is 39.4 Å². The first-order chi connectivity index (χ1) is 13.5. The predicted octanol–water partition coefficient (Wildman–Crippen LogP) is 4.09. The summed E-state index contributed by atoms with van der Waals surface area (Å²) in [6.45, 7) is 6.59. The van der Waals surface area contributed by atoms with Crippen molar-refractivity contribution in [2.45, 2.75) is 52.4 Å². The van der Waals surface area contributed by atoms with Crippen molar-refractivity contribution in [3.8, 4) is 0 Å². The quantitative estimate of drug-likeness (QED) is 0.674. The third-order valence-corrected chi connectivity index (χ3v) is 5.97. The van der Waals surface area contributed by atoms with Crippen LogP contribution in [0.1, 0.15) is 88.5 Å². The Morgan fingerprint density at radius 3 is 2.50 bits per heavy atom. The van der Waals surface area contributed by atoms with E-state index >= 15 is 0 Å². The van der Waals surface area contributed by atoms with Gasteiger partial charge in [0.15, 0.2) is 0 Å². The van der Waals surface area contributed by atoms with E-state index in [1.165, 1.54) is 22.3 Å². The lowest BCUT2D eigenvalue weighted by atomic mass is 10.1. The van der Waals surface area contributed by atoms with Gasteiger partial charge in [-0.2, -0.15) is 0 Å². The molecular weight excluding hydrogens is 376 g/mol. The molecule has 1 N–H and O–H groups in total. The average Bonchev–Trinajstić information content (AvgIpc) is 3.24. The van der Waals surface area contributed by atoms with Crippen LogP contribution in [0.25, 0.3) is 0 Å². The van der Waals surface area contributed by atoms with Crippen molar-refractivity contribution < 1.29 is 14.4 Å². The monoisotopic (exact) mass is 400 g/mol. The lowest BCUT2D eigenvalue weighted by Crippen LogP contribution is -2.30. The maximum Gasteiger partial charge on any atom is 0.261 e. The molecule has 0 spiro atoms. The predicted molar refractivity (Wildman–Crippen MR) is 108 cm³/mol. The number of carbonyl (C=O) groups excluding carboxylic acids is 3. The van der Waals surface area contributed by atoms with Crippen LogP contribution in [0.5, 0.6) is 0 Å². The zero-order valence-corrected chi connectivity index (χ0v) is 17.1. The maximum absolute atomic E-state index is 12.6. The van der Waals surface area contributed by atoms with Gasteiger partial charge in [-0.3, -0.25) is 24.6 Å². The van der Waals surface area contributed by atoms with Crippen molar-refractivity contribution in [1.29, 1.82) is 0 Å². The number of nitrogens with zero attached hydrogens (tertiary/aromatic N) is 3. The maximum atomic E-state index is 12.6. The van der Waals surface area contributed by atoms with E-state index in [1.807, 2.05) is 6.92 Å². The molecule has 2 aromatic rings. The van der Waals surface area contributed by atoms with Gasteiger partial charge in [0.05, 0.1) is 11.1 Å². The smallest absolute Gasteiger partial charge is 0.261 e. The van der Waals surface area contributed by atoms with Crippen molar-refractivity contribution >= 4 is 34.2 Å². The van der Waals surface area contributed by atoms with Gasteiger partial charge >= 0.3 is 0 Å². The molecule has 1 aliphatic rings. The number of hydrogen-bond donors (Lipinski definition) is 1. The highest BCUT2D eigenvalue weighted by Crippen LogP contribution is 2.29. The summed E-state index contributed by atoms with van der Waals surface area (Å²) < 4.78 is 0. The number of hydrogen-bond acceptors (Lipinski definition) is 6. The number of anilines is 1. The van der Waals surface area contributed by atoms with Gasteiger partial charge in [-0.25, -0.2) is 0 Å². The summed E-state index contributed by atoms with van der Waals surface area (Å²) in [5.74, 6) is -0.669. The van der Waals surface area contributed by atoms with Crippen molar-refractivity contribution in [3.05, 3.63) is 39.9 Å². The molecule has 0 atom stereocenters. The first-order valence-electron chi connectivity index (χ1n) is 9.65. The molecule has 2 heterocycles. The minimum atomic E-state index is -0.373. The van der Waals surface area contributed by atoms with Crippen LogP contribution < -0.4 is 5.32 Å². The highest BCUT2D eigenvalue weighted by atomic mass is 32.1. The molecule has 0 aliphatic carbocycles. The Balaban J connectivity index is 1.76. The number of imide groups is 1. The van der Waals surface area contributed by atoms with Crippen LogP contribution in [0.15, 0.2) is 18.2 Å². The van der Waals surface area contributed by atoms with E-state index in [2.05, 4.69) is 29.4 Å². The zero-order valence-electron chi connectivity index (χ0n) is 16.3. The molecule has 0 saturated carbocycles. The van der Waals surface area contributed by atoms with E-state index in [-0.39, 0.29) is 23.3 Å². The summed E-state index contributed by atoms with van der Waals surface area (Å²) in [5, 5.41) is 12.3. The Hall–Kier alpha value is -2.61. The minimum Gasteiger partial charge on any atom is -0.296 e. The second kappa shape index (κ2) is 8.60. The molecule has 0 saturated heterocycles. The van der Waals surface area contributed by atoms with Crippen LogP contribution in [-0.2, 0) is 0 Å². The van der Waals surface area contributed by atoms with E-state index in [0.29, 0.717) is 28.7 Å². The van der Waals surface area contributed by atoms with Crippen molar-refractivity contribution in [2.24, 2.45) is 0 Å². The van der Waals surface area contributed by atoms with Gasteiger partial charge in [-0.05, 0) is 37.5 Å². The molecular formula is C20H24N4O3S. The Bertz CT molecular complexity index is 905. The lowest BCUT2D eigenvalue weighted by molar-refractivity contribution is 0.0652. The average molecular weight is 401 g/mol. The summed E-state index contributed by atoms with van der Waals surface area (Å²) >= 11 is 1.37. The highest BCUT2D eigenvalue weighted by molar-refractivity contribution is 7.15. The number of fused-ring (bicyclic) bond motifs is 1. The second-order valence-electron chi connectivity index (χ2n) is 6.79. The number of nitrogens with one attached hydrogen (secondary N) is 1. The molecule has 0 fully saturated rings. The van der Waals surface area contributed by atoms with Crippen LogP contribution in [0, 0.1) is 0 Å². The molecule has 0 unspecified atom stereocenters. The molecule has 148 valence electrons. The van der Waals surface area contributed by atoms with E-state index < -0.39 is 0 Å². The fourth-order valence-electron chi connectivity index (χ4n) is 3.21. The van der Waals surface area contributed by atoms with E-state index in [9.17, 15) is 14.4 Å². The van der Waals surface area contributed by atoms with Crippen LogP contribution in [0.2, 0.25) is 0 Å². The summed E-state index contributed by atoms with van der Waals surface area (Å²) in [7, 11) is 0. The van der Waals surface area contributed by atoms with Crippen LogP contribution in [0.4, 0.5) is 5.13 Å². The number of aromatic nitrogens is 2. The second-order valence-corrected chi connectivity index (χ2v) is 7.80. The number of carbonyl (C=O) groups is 3. The van der Waals surface area contributed by atoms with Crippen LogP contribution >= 0.6 is 11.3 Å². The summed E-state index contributed by atoms with van der Waals surface area (Å²) in [4.78, 5) is 38.8. The van der Waals surface area contributed by atoms with E-state index in [0.717, 1.165) is 30.7 Å². The first-order valence-corrected chi connectivity index (χ1v) is 10.5. The lowest BCUT2D eigenvalue weighted by Gasteiger charge is -2.12. The Morgan fingerprint density at radius 1 is 1.11 bits per heavy atom.